The van der Waals surface area contributed by atoms with Gasteiger partial charge in [-0.3, -0.25) is 14.9 Å². The number of hydrogen-bond acceptors (Lipinski definition) is 7. The number of carbonyl (C=O) groups is 1. The number of nitro groups is 1. The van der Waals surface area contributed by atoms with Gasteiger partial charge in [0.05, 0.1) is 13.4 Å². The first-order valence-electron chi connectivity index (χ1n) is 5.17. The second-order valence-corrected chi connectivity index (χ2v) is 5.78. The molecule has 1 aromatic heterocycles. The smallest absolute Gasteiger partial charge is 0.325 e. The fourth-order valence-corrected chi connectivity index (χ4v) is 2.67. The molecule has 110 valence electrons. The van der Waals surface area contributed by atoms with E-state index in [9.17, 15) is 19.3 Å². The van der Waals surface area contributed by atoms with Gasteiger partial charge in [0.1, 0.15) is 12.4 Å². The molecule has 12 heteroatoms. The first-order chi connectivity index (χ1) is 9.88. The molecule has 21 heavy (non-hydrogen) atoms. The third-order valence-corrected chi connectivity index (χ3v) is 4.03. The highest BCUT2D eigenvalue weighted by molar-refractivity contribution is 14.1. The van der Waals surface area contributed by atoms with Crippen molar-refractivity contribution in [3.63, 3.8) is 0 Å². The summed E-state index contributed by atoms with van der Waals surface area (Å²) in [5.74, 6) is -1.80. The van der Waals surface area contributed by atoms with Crippen LogP contribution >= 0.6 is 34.4 Å². The number of benzene rings is 1. The lowest BCUT2D eigenvalue weighted by Gasteiger charge is -2.04. The maximum Gasteiger partial charge on any atom is 0.325 e. The number of carboxylic acids is 1. The summed E-state index contributed by atoms with van der Waals surface area (Å²) in [5, 5.41) is 30.0. The molecule has 0 unspecified atom stereocenters. The standard InChI is InChI=1S/C9H5FIN5O4S/c10-4-1-7(6(16(19)20)2-5(4)11)21-9-12-13-14-15(9)3-8(17)18/h1-2H,3H2,(H,17,18). The van der Waals surface area contributed by atoms with Gasteiger partial charge in [-0.25, -0.2) is 9.07 Å². The second-order valence-electron chi connectivity index (χ2n) is 3.61. The van der Waals surface area contributed by atoms with Crippen LogP contribution in [-0.4, -0.2) is 36.2 Å². The Morgan fingerprint density at radius 1 is 1.57 bits per heavy atom. The Morgan fingerprint density at radius 2 is 2.29 bits per heavy atom. The van der Waals surface area contributed by atoms with Crippen LogP contribution in [0.25, 0.3) is 0 Å². The van der Waals surface area contributed by atoms with Crippen molar-refractivity contribution in [3.05, 3.63) is 31.6 Å². The van der Waals surface area contributed by atoms with Gasteiger partial charge in [-0.1, -0.05) is 0 Å². The van der Waals surface area contributed by atoms with E-state index in [2.05, 4.69) is 15.5 Å². The van der Waals surface area contributed by atoms with E-state index < -0.39 is 23.3 Å². The predicted molar refractivity (Wildman–Crippen MR) is 75.3 cm³/mol. The first-order valence-corrected chi connectivity index (χ1v) is 7.07. The summed E-state index contributed by atoms with van der Waals surface area (Å²) in [6.07, 6.45) is 0. The van der Waals surface area contributed by atoms with Crippen molar-refractivity contribution < 1.29 is 19.2 Å². The molecule has 0 radical (unpaired) electrons. The van der Waals surface area contributed by atoms with E-state index in [-0.39, 0.29) is 19.3 Å². The van der Waals surface area contributed by atoms with Crippen LogP contribution in [0.3, 0.4) is 0 Å². The molecule has 0 spiro atoms. The normalized spacial score (nSPS) is 10.6. The molecule has 0 fully saturated rings. The highest BCUT2D eigenvalue weighted by Crippen LogP contribution is 2.35. The van der Waals surface area contributed by atoms with Crippen LogP contribution in [0.5, 0.6) is 0 Å². The van der Waals surface area contributed by atoms with E-state index >= 15 is 0 Å². The molecule has 0 amide bonds. The summed E-state index contributed by atoms with van der Waals surface area (Å²) in [6, 6.07) is 2.08. The monoisotopic (exact) mass is 425 g/mol. The molecular weight excluding hydrogens is 420 g/mol. The molecule has 1 heterocycles. The fourth-order valence-electron chi connectivity index (χ4n) is 1.34. The van der Waals surface area contributed by atoms with Crippen LogP contribution in [0.15, 0.2) is 22.2 Å². The number of hydrogen-bond donors (Lipinski definition) is 1. The van der Waals surface area contributed by atoms with Crippen molar-refractivity contribution in [2.24, 2.45) is 0 Å². The van der Waals surface area contributed by atoms with E-state index in [0.29, 0.717) is 0 Å². The molecule has 0 saturated heterocycles. The topological polar surface area (TPSA) is 124 Å². The third kappa shape index (κ3) is 3.63. The molecule has 2 rings (SSSR count). The molecule has 0 aliphatic carbocycles. The van der Waals surface area contributed by atoms with Gasteiger partial charge in [-0.2, -0.15) is 0 Å². The summed E-state index contributed by atoms with van der Waals surface area (Å²) >= 11 is 2.36. The van der Waals surface area contributed by atoms with Gasteiger partial charge in [-0.05, 0) is 50.8 Å². The zero-order chi connectivity index (χ0) is 15.6. The number of nitro benzene ring substituents is 1. The minimum absolute atomic E-state index is 0.0145. The summed E-state index contributed by atoms with van der Waals surface area (Å²) in [5.41, 5.74) is -0.310. The van der Waals surface area contributed by atoms with E-state index in [1.54, 1.807) is 22.6 Å². The SMILES string of the molecule is O=C(O)Cn1nnnc1Sc1cc(F)c(I)cc1[N+](=O)[O-]. The Morgan fingerprint density at radius 3 is 2.90 bits per heavy atom. The maximum atomic E-state index is 13.6. The van der Waals surface area contributed by atoms with Crippen LogP contribution in [0.1, 0.15) is 0 Å². The summed E-state index contributed by atoms with van der Waals surface area (Å²) in [7, 11) is 0. The van der Waals surface area contributed by atoms with Crippen LogP contribution < -0.4 is 0 Å². The average molecular weight is 425 g/mol. The maximum absolute atomic E-state index is 13.6. The highest BCUT2D eigenvalue weighted by atomic mass is 127. The fraction of sp³-hybridized carbons (Fsp3) is 0.111. The Hall–Kier alpha value is -1.83. The highest BCUT2D eigenvalue weighted by Gasteiger charge is 2.21. The van der Waals surface area contributed by atoms with Crippen LogP contribution in [-0.2, 0) is 11.3 Å². The summed E-state index contributed by atoms with van der Waals surface area (Å²) in [6.45, 7) is -0.504. The lowest BCUT2D eigenvalue weighted by molar-refractivity contribution is -0.387. The van der Waals surface area contributed by atoms with E-state index in [4.69, 9.17) is 5.11 Å². The average Bonchev–Trinajstić information content (AvgIpc) is 2.79. The molecule has 0 aliphatic heterocycles. The molecule has 9 nitrogen and oxygen atoms in total. The minimum atomic E-state index is -1.17. The first kappa shape index (κ1) is 15.6. The minimum Gasteiger partial charge on any atom is -0.480 e. The van der Waals surface area contributed by atoms with Gasteiger partial charge in [0.2, 0.25) is 5.16 Å². The van der Waals surface area contributed by atoms with Gasteiger partial charge in [-0.15, -0.1) is 5.10 Å². The zero-order valence-corrected chi connectivity index (χ0v) is 12.9. The van der Waals surface area contributed by atoms with Gasteiger partial charge < -0.3 is 5.11 Å². The lowest BCUT2D eigenvalue weighted by atomic mass is 10.3. The number of carboxylic acid groups (broad SMARTS) is 1. The number of aromatic nitrogens is 4. The van der Waals surface area contributed by atoms with Crippen LogP contribution in [0, 0.1) is 19.5 Å². The third-order valence-electron chi connectivity index (χ3n) is 2.18. The Labute approximate surface area is 133 Å². The summed E-state index contributed by atoms with van der Waals surface area (Å²) < 4.78 is 14.6. The van der Waals surface area contributed by atoms with Crippen molar-refractivity contribution in [1.82, 2.24) is 20.2 Å². The van der Waals surface area contributed by atoms with Gasteiger partial charge in [0.25, 0.3) is 5.69 Å². The molecule has 0 saturated carbocycles. The molecule has 2 aromatic rings. The summed E-state index contributed by atoms with van der Waals surface area (Å²) in [4.78, 5) is 21.0. The van der Waals surface area contributed by atoms with E-state index in [0.717, 1.165) is 28.6 Å². The second kappa shape index (κ2) is 6.30. The zero-order valence-electron chi connectivity index (χ0n) is 9.93. The molecule has 0 atom stereocenters. The number of aliphatic carboxylic acids is 1. The van der Waals surface area contributed by atoms with Crippen molar-refractivity contribution in [3.8, 4) is 0 Å². The van der Waals surface area contributed by atoms with Gasteiger partial charge >= 0.3 is 5.97 Å². The van der Waals surface area contributed by atoms with Crippen LogP contribution in [0.4, 0.5) is 10.1 Å². The largest absolute Gasteiger partial charge is 0.480 e. The number of halogens is 2. The van der Waals surface area contributed by atoms with E-state index in [1.165, 1.54) is 0 Å². The van der Waals surface area contributed by atoms with Crippen LogP contribution in [0.2, 0.25) is 0 Å². The Bertz CT molecular complexity index is 724. The molecule has 0 bridgehead atoms. The number of tetrazole rings is 1. The van der Waals surface area contributed by atoms with Crippen molar-refractivity contribution in [1.29, 1.82) is 0 Å². The lowest BCUT2D eigenvalue weighted by Crippen LogP contribution is -2.11. The Balaban J connectivity index is 2.40. The molecule has 0 aliphatic rings. The van der Waals surface area contributed by atoms with Crippen molar-refractivity contribution in [2.75, 3.05) is 0 Å². The van der Waals surface area contributed by atoms with Gasteiger partial charge in [0.15, 0.2) is 0 Å². The van der Waals surface area contributed by atoms with Gasteiger partial charge in [0, 0.05) is 6.07 Å². The quantitative estimate of drug-likeness (QED) is 0.435. The number of rotatable bonds is 5. The Kier molecular flexibility index (Phi) is 4.66. The predicted octanol–water partition coefficient (Wildman–Crippen LogP) is 1.56. The number of nitrogens with zero attached hydrogens (tertiary/aromatic N) is 5. The molecule has 1 N–H and O–H groups in total. The molecule has 1 aromatic carbocycles. The van der Waals surface area contributed by atoms with Crippen molar-refractivity contribution in [2.45, 2.75) is 16.6 Å². The molecular formula is C9H5FIN5O4S. The van der Waals surface area contributed by atoms with E-state index in [1.807, 2.05) is 0 Å². The van der Waals surface area contributed by atoms with Crippen molar-refractivity contribution >= 4 is 46.0 Å².